The second kappa shape index (κ2) is 3.08. The van der Waals surface area contributed by atoms with Crippen molar-refractivity contribution < 1.29 is 0 Å². The lowest BCUT2D eigenvalue weighted by Crippen LogP contribution is -1.85. The molecule has 0 unspecified atom stereocenters. The van der Waals surface area contributed by atoms with E-state index in [1.807, 2.05) is 30.3 Å². The van der Waals surface area contributed by atoms with Crippen LogP contribution in [0, 0.1) is 11.3 Å². The molecule has 0 aliphatic heterocycles. The molecule has 13 heavy (non-hydrogen) atoms. The van der Waals surface area contributed by atoms with Crippen molar-refractivity contribution in [3.63, 3.8) is 0 Å². The molecule has 62 valence electrons. The number of nitrogens with zero attached hydrogens (tertiary/aromatic N) is 2. The van der Waals surface area contributed by atoms with Crippen LogP contribution in [0.3, 0.4) is 0 Å². The zero-order valence-corrected chi connectivity index (χ0v) is 7.62. The van der Waals surface area contributed by atoms with Gasteiger partial charge < -0.3 is 0 Å². The van der Waals surface area contributed by atoms with Gasteiger partial charge in [0.15, 0.2) is 0 Å². The average molecular weight is 186 g/mol. The molecule has 0 bridgehead atoms. The first-order valence-electron chi connectivity index (χ1n) is 3.80. The van der Waals surface area contributed by atoms with Crippen molar-refractivity contribution in [3.05, 3.63) is 35.9 Å². The van der Waals surface area contributed by atoms with E-state index in [-0.39, 0.29) is 0 Å². The number of thiol groups is 1. The van der Waals surface area contributed by atoms with Crippen LogP contribution in [0.2, 0.25) is 0 Å². The Labute approximate surface area is 81.2 Å². The lowest BCUT2D eigenvalue weighted by molar-refractivity contribution is 1.17. The maximum Gasteiger partial charge on any atom is 0.111 e. The second-order valence-corrected chi connectivity index (χ2v) is 3.09. The molecule has 0 aliphatic carbocycles. The van der Waals surface area contributed by atoms with E-state index >= 15 is 0 Å². The third-order valence-electron chi connectivity index (χ3n) is 1.82. The summed E-state index contributed by atoms with van der Waals surface area (Å²) < 4.78 is 0. The maximum atomic E-state index is 8.74. The maximum absolute atomic E-state index is 8.74. The first-order chi connectivity index (χ1) is 6.31. The van der Waals surface area contributed by atoms with E-state index in [1.54, 1.807) is 6.07 Å². The number of para-hydroxylation sites is 1. The molecule has 0 saturated heterocycles. The third-order valence-corrected chi connectivity index (χ3v) is 2.17. The fourth-order valence-corrected chi connectivity index (χ4v) is 1.41. The van der Waals surface area contributed by atoms with Crippen molar-refractivity contribution in [3.8, 4) is 6.07 Å². The normalized spacial score (nSPS) is 9.85. The molecule has 0 saturated carbocycles. The van der Waals surface area contributed by atoms with Gasteiger partial charge in [0, 0.05) is 5.39 Å². The number of fused-ring (bicyclic) bond motifs is 1. The number of pyridine rings is 1. The van der Waals surface area contributed by atoms with Gasteiger partial charge in [-0.25, -0.2) is 4.98 Å². The number of aromatic nitrogens is 1. The van der Waals surface area contributed by atoms with Gasteiger partial charge in [0.2, 0.25) is 0 Å². The van der Waals surface area contributed by atoms with Crippen LogP contribution in [0.4, 0.5) is 0 Å². The predicted molar refractivity (Wildman–Crippen MR) is 53.7 cm³/mol. The van der Waals surface area contributed by atoms with Crippen molar-refractivity contribution in [2.75, 3.05) is 0 Å². The SMILES string of the molecule is N#Cc1cc2ccccc2nc1S. The average Bonchev–Trinajstić information content (AvgIpc) is 2.17. The van der Waals surface area contributed by atoms with Crippen LogP contribution < -0.4 is 0 Å². The highest BCUT2D eigenvalue weighted by atomic mass is 32.1. The van der Waals surface area contributed by atoms with E-state index in [0.717, 1.165) is 10.9 Å². The van der Waals surface area contributed by atoms with Gasteiger partial charge >= 0.3 is 0 Å². The molecular formula is C10H6N2S. The Morgan fingerprint density at radius 2 is 2.08 bits per heavy atom. The van der Waals surface area contributed by atoms with Gasteiger partial charge in [0.25, 0.3) is 0 Å². The monoisotopic (exact) mass is 186 g/mol. The predicted octanol–water partition coefficient (Wildman–Crippen LogP) is 2.40. The highest BCUT2D eigenvalue weighted by Gasteiger charge is 2.01. The Morgan fingerprint density at radius 1 is 1.31 bits per heavy atom. The lowest BCUT2D eigenvalue weighted by Gasteiger charge is -1.99. The Hall–Kier alpha value is -1.53. The van der Waals surface area contributed by atoms with Crippen LogP contribution in [0.5, 0.6) is 0 Å². The fourth-order valence-electron chi connectivity index (χ4n) is 1.19. The fraction of sp³-hybridized carbons (Fsp3) is 0. The highest BCUT2D eigenvalue weighted by Crippen LogP contribution is 2.17. The number of benzene rings is 1. The van der Waals surface area contributed by atoms with Crippen LogP contribution in [0.1, 0.15) is 5.56 Å². The van der Waals surface area contributed by atoms with Gasteiger partial charge in [-0.15, -0.1) is 12.6 Å². The largest absolute Gasteiger partial charge is 0.240 e. The molecule has 0 spiro atoms. The minimum Gasteiger partial charge on any atom is -0.240 e. The van der Waals surface area contributed by atoms with Crippen molar-refractivity contribution in [2.24, 2.45) is 0 Å². The summed E-state index contributed by atoms with van der Waals surface area (Å²) in [6, 6.07) is 11.5. The topological polar surface area (TPSA) is 36.7 Å². The van der Waals surface area contributed by atoms with Gasteiger partial charge in [-0.3, -0.25) is 0 Å². The van der Waals surface area contributed by atoms with Crippen LogP contribution in [0.25, 0.3) is 10.9 Å². The summed E-state index contributed by atoms with van der Waals surface area (Å²) >= 11 is 4.12. The van der Waals surface area contributed by atoms with Crippen molar-refractivity contribution >= 4 is 23.5 Å². The van der Waals surface area contributed by atoms with E-state index in [9.17, 15) is 0 Å². The summed E-state index contributed by atoms with van der Waals surface area (Å²) in [4.78, 5) is 4.19. The molecule has 2 rings (SSSR count). The van der Waals surface area contributed by atoms with Crippen LogP contribution in [-0.4, -0.2) is 4.98 Å². The minimum absolute atomic E-state index is 0.487. The Kier molecular flexibility index (Phi) is 1.91. The van der Waals surface area contributed by atoms with Gasteiger partial charge in [0.05, 0.1) is 11.1 Å². The molecule has 0 radical (unpaired) electrons. The molecule has 0 amide bonds. The Morgan fingerprint density at radius 3 is 2.85 bits per heavy atom. The van der Waals surface area contributed by atoms with Gasteiger partial charge in [-0.2, -0.15) is 5.26 Å². The van der Waals surface area contributed by atoms with E-state index in [0.29, 0.717) is 10.6 Å². The van der Waals surface area contributed by atoms with E-state index < -0.39 is 0 Å². The van der Waals surface area contributed by atoms with Crippen LogP contribution >= 0.6 is 12.6 Å². The molecule has 0 N–H and O–H groups in total. The molecule has 0 atom stereocenters. The molecule has 2 nitrogen and oxygen atoms in total. The zero-order chi connectivity index (χ0) is 9.26. The molecule has 2 aromatic rings. The standard InChI is InChI=1S/C10H6N2S/c11-6-8-5-7-3-1-2-4-9(7)12-10(8)13/h1-5H,(H,12,13). The highest BCUT2D eigenvalue weighted by molar-refractivity contribution is 7.80. The van der Waals surface area contributed by atoms with E-state index in [2.05, 4.69) is 17.6 Å². The molecule has 1 aromatic heterocycles. The summed E-state index contributed by atoms with van der Waals surface area (Å²) in [5, 5.41) is 10.2. The van der Waals surface area contributed by atoms with Gasteiger partial charge in [-0.1, -0.05) is 18.2 Å². The number of nitriles is 1. The van der Waals surface area contributed by atoms with Crippen molar-refractivity contribution in [1.29, 1.82) is 5.26 Å². The van der Waals surface area contributed by atoms with Crippen molar-refractivity contribution in [2.45, 2.75) is 5.03 Å². The van der Waals surface area contributed by atoms with Gasteiger partial charge in [0.1, 0.15) is 11.1 Å². The Balaban J connectivity index is 2.83. The molecule has 1 heterocycles. The Bertz CT molecular complexity index is 500. The smallest absolute Gasteiger partial charge is 0.111 e. The van der Waals surface area contributed by atoms with Crippen LogP contribution in [-0.2, 0) is 0 Å². The number of rotatable bonds is 0. The molecule has 1 aromatic carbocycles. The van der Waals surface area contributed by atoms with Gasteiger partial charge in [-0.05, 0) is 12.1 Å². The first kappa shape index (κ1) is 8.09. The lowest BCUT2D eigenvalue weighted by atomic mass is 10.2. The summed E-state index contributed by atoms with van der Waals surface area (Å²) in [6.07, 6.45) is 0. The third kappa shape index (κ3) is 1.36. The molecular weight excluding hydrogens is 180 g/mol. The number of hydrogen-bond donors (Lipinski definition) is 1. The van der Waals surface area contributed by atoms with Crippen LogP contribution in [0.15, 0.2) is 35.4 Å². The zero-order valence-electron chi connectivity index (χ0n) is 6.73. The van der Waals surface area contributed by atoms with E-state index in [4.69, 9.17) is 5.26 Å². The molecule has 3 heteroatoms. The number of hydrogen-bond acceptors (Lipinski definition) is 3. The molecule has 0 fully saturated rings. The summed E-state index contributed by atoms with van der Waals surface area (Å²) in [7, 11) is 0. The van der Waals surface area contributed by atoms with Crippen molar-refractivity contribution in [1.82, 2.24) is 4.98 Å². The quantitative estimate of drug-likeness (QED) is 0.641. The molecule has 0 aliphatic rings. The summed E-state index contributed by atoms with van der Waals surface area (Å²) in [6.45, 7) is 0. The minimum atomic E-state index is 0.487. The second-order valence-electron chi connectivity index (χ2n) is 2.66. The first-order valence-corrected chi connectivity index (χ1v) is 4.25. The summed E-state index contributed by atoms with van der Waals surface area (Å²) in [5.74, 6) is 0. The summed E-state index contributed by atoms with van der Waals surface area (Å²) in [5.41, 5.74) is 1.38. The van der Waals surface area contributed by atoms with E-state index in [1.165, 1.54) is 0 Å².